The van der Waals surface area contributed by atoms with Crippen LogP contribution in [-0.2, 0) is 0 Å². The molecule has 2 rings (SSSR count). The Balaban J connectivity index is 1.88. The van der Waals surface area contributed by atoms with Crippen LogP contribution in [0.2, 0.25) is 0 Å². The maximum atomic E-state index is 13.8. The fourth-order valence-electron chi connectivity index (χ4n) is 3.15. The van der Waals surface area contributed by atoms with Gasteiger partial charge in [-0.05, 0) is 37.5 Å². The van der Waals surface area contributed by atoms with E-state index in [-0.39, 0.29) is 29.3 Å². The second-order valence-electron chi connectivity index (χ2n) is 6.86. The van der Waals surface area contributed by atoms with E-state index in [4.69, 9.17) is 4.74 Å². The van der Waals surface area contributed by atoms with Crippen LogP contribution in [0.15, 0.2) is 18.2 Å². The number of methoxy groups -OCH3 is 1. The van der Waals surface area contributed by atoms with Crippen LogP contribution in [0.4, 0.5) is 9.18 Å². The SMILES string of the molecule is COc1ccc(C(C)NC(=O)NCC2(C)CCCCC2O)cc1F. The highest BCUT2D eigenvalue weighted by Gasteiger charge is 2.35. The third-order valence-electron chi connectivity index (χ3n) is 4.96. The largest absolute Gasteiger partial charge is 0.494 e. The molecule has 134 valence electrons. The number of aliphatic hydroxyl groups is 1. The Morgan fingerprint density at radius 3 is 2.88 bits per heavy atom. The fraction of sp³-hybridized carbons (Fsp3) is 0.611. The van der Waals surface area contributed by atoms with Gasteiger partial charge in [-0.2, -0.15) is 0 Å². The van der Waals surface area contributed by atoms with Crippen LogP contribution >= 0.6 is 0 Å². The molecular formula is C18H27FN2O3. The molecule has 1 aliphatic carbocycles. The Labute approximate surface area is 142 Å². The lowest BCUT2D eigenvalue weighted by Gasteiger charge is -2.38. The van der Waals surface area contributed by atoms with Crippen molar-refractivity contribution in [3.05, 3.63) is 29.6 Å². The molecule has 2 amide bonds. The second-order valence-corrected chi connectivity index (χ2v) is 6.86. The molecule has 3 unspecified atom stereocenters. The van der Waals surface area contributed by atoms with Gasteiger partial charge in [0.25, 0.3) is 0 Å². The Kier molecular flexibility index (Phi) is 6.04. The highest BCUT2D eigenvalue weighted by molar-refractivity contribution is 5.74. The van der Waals surface area contributed by atoms with Gasteiger partial charge in [0.2, 0.25) is 0 Å². The minimum Gasteiger partial charge on any atom is -0.494 e. The minimum absolute atomic E-state index is 0.176. The third kappa shape index (κ3) is 4.38. The predicted octanol–water partition coefficient (Wildman–Crippen LogP) is 3.14. The molecule has 3 atom stereocenters. The molecule has 1 saturated carbocycles. The van der Waals surface area contributed by atoms with Gasteiger partial charge < -0.3 is 20.5 Å². The molecular weight excluding hydrogens is 311 g/mol. The molecule has 1 aromatic carbocycles. The van der Waals surface area contributed by atoms with Gasteiger partial charge in [-0.15, -0.1) is 0 Å². The summed E-state index contributed by atoms with van der Waals surface area (Å²) in [4.78, 5) is 12.1. The summed E-state index contributed by atoms with van der Waals surface area (Å²) in [6.45, 7) is 4.21. The maximum Gasteiger partial charge on any atom is 0.315 e. The molecule has 0 saturated heterocycles. The number of amides is 2. The number of rotatable bonds is 5. The van der Waals surface area contributed by atoms with E-state index in [1.54, 1.807) is 19.1 Å². The van der Waals surface area contributed by atoms with E-state index in [2.05, 4.69) is 10.6 Å². The minimum atomic E-state index is -0.457. The average molecular weight is 338 g/mol. The molecule has 0 bridgehead atoms. The van der Waals surface area contributed by atoms with Gasteiger partial charge in [0, 0.05) is 12.0 Å². The number of carbonyl (C=O) groups is 1. The molecule has 1 fully saturated rings. The highest BCUT2D eigenvalue weighted by atomic mass is 19.1. The quantitative estimate of drug-likeness (QED) is 0.772. The Bertz CT molecular complexity index is 581. The number of ether oxygens (including phenoxy) is 1. The van der Waals surface area contributed by atoms with Gasteiger partial charge in [0.1, 0.15) is 0 Å². The molecule has 0 radical (unpaired) electrons. The first-order valence-corrected chi connectivity index (χ1v) is 8.41. The van der Waals surface area contributed by atoms with Crippen molar-refractivity contribution in [2.45, 2.75) is 51.7 Å². The standard InChI is InChI=1S/C18H27FN2O3/c1-12(13-7-8-15(24-3)14(19)10-13)21-17(23)20-11-18(2)9-5-4-6-16(18)22/h7-8,10,12,16,22H,4-6,9,11H2,1-3H3,(H2,20,21,23). The van der Waals surface area contributed by atoms with Gasteiger partial charge in [-0.1, -0.05) is 25.8 Å². The normalized spacial score (nSPS) is 25.0. The fourth-order valence-corrected chi connectivity index (χ4v) is 3.15. The first-order valence-electron chi connectivity index (χ1n) is 8.41. The lowest BCUT2D eigenvalue weighted by molar-refractivity contribution is 0.00305. The maximum absolute atomic E-state index is 13.8. The number of aliphatic hydroxyl groups excluding tert-OH is 1. The molecule has 1 aromatic rings. The zero-order chi connectivity index (χ0) is 17.7. The van der Waals surface area contributed by atoms with E-state index in [1.165, 1.54) is 13.2 Å². The van der Waals surface area contributed by atoms with Crippen LogP contribution in [0, 0.1) is 11.2 Å². The molecule has 0 aromatic heterocycles. The molecule has 24 heavy (non-hydrogen) atoms. The van der Waals surface area contributed by atoms with Gasteiger partial charge in [-0.3, -0.25) is 0 Å². The summed E-state index contributed by atoms with van der Waals surface area (Å²) in [6.07, 6.45) is 3.39. The van der Waals surface area contributed by atoms with Gasteiger partial charge in [-0.25, -0.2) is 9.18 Å². The number of benzene rings is 1. The van der Waals surface area contributed by atoms with Gasteiger partial charge in [0.05, 0.1) is 19.3 Å². The first-order chi connectivity index (χ1) is 11.4. The first kappa shape index (κ1) is 18.5. The Morgan fingerprint density at radius 2 is 2.25 bits per heavy atom. The third-order valence-corrected chi connectivity index (χ3v) is 4.96. The topological polar surface area (TPSA) is 70.6 Å². The van der Waals surface area contributed by atoms with Crippen LogP contribution < -0.4 is 15.4 Å². The Morgan fingerprint density at radius 1 is 1.50 bits per heavy atom. The molecule has 3 N–H and O–H groups in total. The average Bonchev–Trinajstić information content (AvgIpc) is 2.56. The summed E-state index contributed by atoms with van der Waals surface area (Å²) in [7, 11) is 1.41. The number of hydrogen-bond donors (Lipinski definition) is 3. The molecule has 0 aliphatic heterocycles. The second kappa shape index (κ2) is 7.83. The Hall–Kier alpha value is -1.82. The van der Waals surface area contributed by atoms with Crippen LogP contribution in [0.1, 0.15) is 51.1 Å². The number of carbonyl (C=O) groups excluding carboxylic acids is 1. The van der Waals surface area contributed by atoms with Crippen molar-refractivity contribution in [3.63, 3.8) is 0 Å². The van der Waals surface area contributed by atoms with Gasteiger partial charge >= 0.3 is 6.03 Å². The lowest BCUT2D eigenvalue weighted by Crippen LogP contribution is -2.48. The van der Waals surface area contributed by atoms with E-state index in [0.29, 0.717) is 12.1 Å². The zero-order valence-electron chi connectivity index (χ0n) is 14.6. The van der Waals surface area contributed by atoms with E-state index in [0.717, 1.165) is 25.7 Å². The number of halogens is 1. The van der Waals surface area contributed by atoms with Crippen LogP contribution in [0.5, 0.6) is 5.75 Å². The van der Waals surface area contributed by atoms with Crippen molar-refractivity contribution >= 4 is 6.03 Å². The monoisotopic (exact) mass is 338 g/mol. The van der Waals surface area contributed by atoms with E-state index in [9.17, 15) is 14.3 Å². The summed E-state index contributed by atoms with van der Waals surface area (Å²) in [5.41, 5.74) is 0.373. The summed E-state index contributed by atoms with van der Waals surface area (Å²) in [5, 5.41) is 15.8. The van der Waals surface area contributed by atoms with E-state index < -0.39 is 5.82 Å². The summed E-state index contributed by atoms with van der Waals surface area (Å²) >= 11 is 0. The highest BCUT2D eigenvalue weighted by Crippen LogP contribution is 2.35. The van der Waals surface area contributed by atoms with Crippen LogP contribution in [0.3, 0.4) is 0 Å². The van der Waals surface area contributed by atoms with Crippen molar-refractivity contribution < 1.29 is 19.0 Å². The zero-order valence-corrected chi connectivity index (χ0v) is 14.6. The number of urea groups is 1. The van der Waals surface area contributed by atoms with Crippen LogP contribution in [-0.4, -0.2) is 30.9 Å². The van der Waals surface area contributed by atoms with Crippen molar-refractivity contribution in [3.8, 4) is 5.75 Å². The summed E-state index contributed by atoms with van der Waals surface area (Å²) < 4.78 is 18.6. The summed E-state index contributed by atoms with van der Waals surface area (Å²) in [5.74, 6) is -0.281. The summed E-state index contributed by atoms with van der Waals surface area (Å²) in [6, 6.07) is 3.96. The van der Waals surface area contributed by atoms with E-state index >= 15 is 0 Å². The van der Waals surface area contributed by atoms with Crippen molar-refractivity contribution in [2.24, 2.45) is 5.41 Å². The predicted molar refractivity (Wildman–Crippen MR) is 90.5 cm³/mol. The molecule has 0 spiro atoms. The molecule has 6 heteroatoms. The van der Waals surface area contributed by atoms with Crippen molar-refractivity contribution in [2.75, 3.05) is 13.7 Å². The lowest BCUT2D eigenvalue weighted by atomic mass is 9.73. The number of nitrogens with one attached hydrogen (secondary N) is 2. The smallest absolute Gasteiger partial charge is 0.315 e. The van der Waals surface area contributed by atoms with Crippen molar-refractivity contribution in [1.29, 1.82) is 0 Å². The van der Waals surface area contributed by atoms with Crippen LogP contribution in [0.25, 0.3) is 0 Å². The molecule has 1 aliphatic rings. The number of hydrogen-bond acceptors (Lipinski definition) is 3. The van der Waals surface area contributed by atoms with E-state index in [1.807, 2.05) is 6.92 Å². The molecule has 5 nitrogen and oxygen atoms in total. The molecule has 0 heterocycles. The van der Waals surface area contributed by atoms with Gasteiger partial charge in [0.15, 0.2) is 11.6 Å². The van der Waals surface area contributed by atoms with Crippen molar-refractivity contribution in [1.82, 2.24) is 10.6 Å².